The van der Waals surface area contributed by atoms with Gasteiger partial charge in [0.2, 0.25) is 23.7 Å². The molecule has 8 nitrogen and oxygen atoms in total. The Morgan fingerprint density at radius 2 is 1.97 bits per heavy atom. The van der Waals surface area contributed by atoms with Crippen molar-refractivity contribution in [2.75, 3.05) is 18.7 Å². The first kappa shape index (κ1) is 21.4. The zero-order valence-corrected chi connectivity index (χ0v) is 19.0. The van der Waals surface area contributed by atoms with Gasteiger partial charge in [-0.05, 0) is 43.0 Å². The van der Waals surface area contributed by atoms with Crippen molar-refractivity contribution in [1.82, 2.24) is 15.1 Å². The smallest absolute Gasteiger partial charge is 0.249 e. The van der Waals surface area contributed by atoms with E-state index in [4.69, 9.17) is 9.47 Å². The largest absolute Gasteiger partial charge is 0.454 e. The highest BCUT2D eigenvalue weighted by molar-refractivity contribution is 7.18. The number of nitrogens with one attached hydrogen (secondary N) is 1. The molecule has 1 aromatic heterocycles. The van der Waals surface area contributed by atoms with Crippen molar-refractivity contribution >= 4 is 28.3 Å². The Hall–Kier alpha value is -3.46. The average Bonchev–Trinajstić information content (AvgIpc) is 3.60. The molecule has 3 heterocycles. The summed E-state index contributed by atoms with van der Waals surface area (Å²) >= 11 is 1.28. The number of likely N-dealkylation sites (tertiary alicyclic amines) is 1. The Morgan fingerprint density at radius 3 is 2.79 bits per heavy atom. The third-order valence-corrected chi connectivity index (χ3v) is 6.91. The van der Waals surface area contributed by atoms with Crippen LogP contribution in [0.1, 0.15) is 37.7 Å². The molecule has 2 aromatic carbocycles. The van der Waals surface area contributed by atoms with Crippen molar-refractivity contribution < 1.29 is 19.1 Å². The lowest BCUT2D eigenvalue weighted by Crippen LogP contribution is -2.45. The Labute approximate surface area is 195 Å². The Balaban J connectivity index is 1.28. The minimum atomic E-state index is -0.506. The second-order valence-electron chi connectivity index (χ2n) is 8.03. The maximum absolute atomic E-state index is 13.3. The number of aromatic nitrogens is 2. The van der Waals surface area contributed by atoms with E-state index in [0.717, 1.165) is 17.5 Å². The molecular weight excluding hydrogens is 440 g/mol. The summed E-state index contributed by atoms with van der Waals surface area (Å²) in [5, 5.41) is 12.3. The normalized spacial score (nSPS) is 17.7. The van der Waals surface area contributed by atoms with E-state index in [-0.39, 0.29) is 24.5 Å². The molecule has 2 unspecified atom stereocenters. The minimum absolute atomic E-state index is 0.000312. The molecule has 2 aliphatic rings. The highest BCUT2D eigenvalue weighted by Gasteiger charge is 2.37. The van der Waals surface area contributed by atoms with Crippen LogP contribution in [0.25, 0.3) is 10.6 Å². The SMILES string of the molecule is CCC(C(=O)N1CCCC1C(=O)Nc1nnc(-c2ccc3c(c2)OCO3)s1)c1ccccc1. The number of carbonyl (C=O) groups excluding carboxylic acids is 2. The number of carbonyl (C=O) groups is 2. The molecule has 0 bridgehead atoms. The van der Waals surface area contributed by atoms with Gasteiger partial charge in [0.15, 0.2) is 11.5 Å². The number of benzene rings is 2. The molecule has 1 fully saturated rings. The van der Waals surface area contributed by atoms with Crippen LogP contribution < -0.4 is 14.8 Å². The van der Waals surface area contributed by atoms with E-state index in [2.05, 4.69) is 15.5 Å². The molecule has 33 heavy (non-hydrogen) atoms. The van der Waals surface area contributed by atoms with Crippen LogP contribution in [-0.4, -0.2) is 46.3 Å². The van der Waals surface area contributed by atoms with E-state index in [1.807, 2.05) is 55.5 Å². The third-order valence-electron chi connectivity index (χ3n) is 6.02. The van der Waals surface area contributed by atoms with Crippen LogP contribution in [0.3, 0.4) is 0 Å². The van der Waals surface area contributed by atoms with Crippen LogP contribution in [0.15, 0.2) is 48.5 Å². The third kappa shape index (κ3) is 4.28. The van der Waals surface area contributed by atoms with E-state index in [1.165, 1.54) is 11.3 Å². The van der Waals surface area contributed by atoms with Crippen molar-refractivity contribution in [1.29, 1.82) is 0 Å². The second kappa shape index (κ2) is 9.19. The van der Waals surface area contributed by atoms with Crippen molar-refractivity contribution in [3.8, 4) is 22.1 Å². The zero-order valence-electron chi connectivity index (χ0n) is 18.2. The van der Waals surface area contributed by atoms with E-state index >= 15 is 0 Å². The topological polar surface area (TPSA) is 93.7 Å². The van der Waals surface area contributed by atoms with Gasteiger partial charge in [-0.25, -0.2) is 0 Å². The van der Waals surface area contributed by atoms with Crippen LogP contribution in [0.5, 0.6) is 11.5 Å². The van der Waals surface area contributed by atoms with Crippen molar-refractivity contribution in [3.05, 3.63) is 54.1 Å². The quantitative estimate of drug-likeness (QED) is 0.591. The zero-order chi connectivity index (χ0) is 22.8. The Morgan fingerprint density at radius 1 is 1.15 bits per heavy atom. The van der Waals surface area contributed by atoms with E-state index in [9.17, 15) is 9.59 Å². The van der Waals surface area contributed by atoms with Gasteiger partial charge >= 0.3 is 0 Å². The highest BCUT2D eigenvalue weighted by Crippen LogP contribution is 2.37. The maximum Gasteiger partial charge on any atom is 0.249 e. The Kier molecular flexibility index (Phi) is 5.95. The summed E-state index contributed by atoms with van der Waals surface area (Å²) < 4.78 is 10.8. The second-order valence-corrected chi connectivity index (χ2v) is 9.01. The fourth-order valence-corrected chi connectivity index (χ4v) is 5.09. The van der Waals surface area contributed by atoms with Crippen molar-refractivity contribution in [2.45, 2.75) is 38.1 Å². The van der Waals surface area contributed by atoms with Gasteiger partial charge in [-0.2, -0.15) is 0 Å². The molecule has 0 radical (unpaired) electrons. The molecule has 170 valence electrons. The van der Waals surface area contributed by atoms with Gasteiger partial charge in [0.05, 0.1) is 5.92 Å². The fraction of sp³-hybridized carbons (Fsp3) is 0.333. The molecule has 0 aliphatic carbocycles. The molecule has 3 aromatic rings. The monoisotopic (exact) mass is 464 g/mol. The number of amides is 2. The van der Waals surface area contributed by atoms with Crippen LogP contribution in [0.4, 0.5) is 5.13 Å². The summed E-state index contributed by atoms with van der Waals surface area (Å²) in [5.41, 5.74) is 1.82. The van der Waals surface area contributed by atoms with Crippen LogP contribution in [0, 0.1) is 0 Å². The number of hydrogen-bond acceptors (Lipinski definition) is 7. The predicted octanol–water partition coefficient (Wildman–Crippen LogP) is 4.06. The lowest BCUT2D eigenvalue weighted by atomic mass is 9.94. The first-order chi connectivity index (χ1) is 16.1. The molecule has 2 amide bonds. The first-order valence-corrected chi connectivity index (χ1v) is 11.9. The van der Waals surface area contributed by atoms with Gasteiger partial charge in [-0.1, -0.05) is 48.6 Å². The fourth-order valence-electron chi connectivity index (χ4n) is 4.35. The average molecular weight is 465 g/mol. The maximum atomic E-state index is 13.3. The van der Waals surface area contributed by atoms with Crippen molar-refractivity contribution in [3.63, 3.8) is 0 Å². The molecule has 9 heteroatoms. The van der Waals surface area contributed by atoms with Gasteiger partial charge in [0.1, 0.15) is 11.0 Å². The molecule has 1 N–H and O–H groups in total. The number of rotatable bonds is 6. The first-order valence-electron chi connectivity index (χ1n) is 11.0. The molecule has 5 rings (SSSR count). The summed E-state index contributed by atoms with van der Waals surface area (Å²) in [6.45, 7) is 2.79. The highest BCUT2D eigenvalue weighted by atomic mass is 32.1. The molecule has 2 aliphatic heterocycles. The summed E-state index contributed by atoms with van der Waals surface area (Å²) in [5.74, 6) is 0.886. The minimum Gasteiger partial charge on any atom is -0.454 e. The molecule has 0 spiro atoms. The van der Waals surface area contributed by atoms with Gasteiger partial charge in [0.25, 0.3) is 0 Å². The van der Waals surface area contributed by atoms with Crippen molar-refractivity contribution in [2.24, 2.45) is 0 Å². The van der Waals surface area contributed by atoms with E-state index in [1.54, 1.807) is 4.90 Å². The van der Waals surface area contributed by atoms with E-state index < -0.39 is 6.04 Å². The van der Waals surface area contributed by atoms with Gasteiger partial charge in [-0.15, -0.1) is 10.2 Å². The van der Waals surface area contributed by atoms with Crippen LogP contribution in [-0.2, 0) is 9.59 Å². The molecular formula is C24H24N4O4S. The summed E-state index contributed by atoms with van der Waals surface area (Å²) in [6, 6.07) is 14.8. The predicted molar refractivity (Wildman–Crippen MR) is 124 cm³/mol. The van der Waals surface area contributed by atoms with Gasteiger partial charge in [-0.3, -0.25) is 14.9 Å². The lowest BCUT2D eigenvalue weighted by Gasteiger charge is -2.27. The summed E-state index contributed by atoms with van der Waals surface area (Å²) in [7, 11) is 0. The summed E-state index contributed by atoms with van der Waals surface area (Å²) in [4.78, 5) is 28.1. The number of nitrogens with zero attached hydrogens (tertiary/aromatic N) is 3. The van der Waals surface area contributed by atoms with E-state index in [0.29, 0.717) is 41.0 Å². The molecule has 0 saturated carbocycles. The standard InChI is InChI=1S/C24H24N4O4S/c1-2-17(15-7-4-3-5-8-15)23(30)28-12-6-9-18(28)21(29)25-24-27-26-22(33-24)16-10-11-19-20(13-16)32-14-31-19/h3-5,7-8,10-11,13,17-18H,2,6,9,12,14H2,1H3,(H,25,27,29). The Bertz CT molecular complexity index is 1170. The summed E-state index contributed by atoms with van der Waals surface area (Å²) in [6.07, 6.45) is 2.12. The number of anilines is 1. The van der Waals surface area contributed by atoms with Crippen LogP contribution in [0.2, 0.25) is 0 Å². The molecule has 1 saturated heterocycles. The number of ether oxygens (including phenoxy) is 2. The van der Waals surface area contributed by atoms with Crippen LogP contribution >= 0.6 is 11.3 Å². The number of fused-ring (bicyclic) bond motifs is 1. The number of hydrogen-bond donors (Lipinski definition) is 1. The van der Waals surface area contributed by atoms with Gasteiger partial charge < -0.3 is 14.4 Å². The lowest BCUT2D eigenvalue weighted by molar-refractivity contribution is -0.138. The van der Waals surface area contributed by atoms with Gasteiger partial charge in [0, 0.05) is 12.1 Å². The molecule has 2 atom stereocenters.